The highest BCUT2D eigenvalue weighted by atomic mass is 16.6. The second-order valence-electron chi connectivity index (χ2n) is 1.92. The lowest BCUT2D eigenvalue weighted by atomic mass is 10.4. The Morgan fingerprint density at radius 2 is 2.33 bits per heavy atom. The summed E-state index contributed by atoms with van der Waals surface area (Å²) in [4.78, 5) is 2.78. The van der Waals surface area contributed by atoms with Gasteiger partial charge in [0.15, 0.2) is 5.82 Å². The third kappa shape index (κ3) is 1.34. The smallest absolute Gasteiger partial charge is 0.219 e. The van der Waals surface area contributed by atoms with Crippen LogP contribution in [-0.4, -0.2) is 30.7 Å². The molecule has 0 saturated heterocycles. The fourth-order valence-electron chi connectivity index (χ4n) is 0.652. The Balaban J connectivity index is 2.14. The van der Waals surface area contributed by atoms with Gasteiger partial charge >= 0.3 is 0 Å². The van der Waals surface area contributed by atoms with E-state index in [1.165, 1.54) is 6.33 Å². The molecule has 0 aliphatic carbocycles. The van der Waals surface area contributed by atoms with Gasteiger partial charge in [0.2, 0.25) is 5.82 Å². The Bertz CT molecular complexity index is 313. The Hall–Kier alpha value is -2.05. The van der Waals surface area contributed by atoms with E-state index in [9.17, 15) is 0 Å². The summed E-state index contributed by atoms with van der Waals surface area (Å²) < 4.78 is 4.28. The first-order valence-corrected chi connectivity index (χ1v) is 3.14. The molecule has 0 radical (unpaired) electrons. The van der Waals surface area contributed by atoms with Crippen molar-refractivity contribution in [2.24, 2.45) is 0 Å². The molecule has 2 aromatic rings. The topological polar surface area (TPSA) is 93.4 Å². The van der Waals surface area contributed by atoms with Crippen LogP contribution in [0, 0.1) is 0 Å². The third-order valence-corrected chi connectivity index (χ3v) is 1.14. The normalized spacial score (nSPS) is 11.0. The van der Waals surface area contributed by atoms with E-state index in [1.807, 2.05) is 0 Å². The standard InChI is InChI=1S/C5H4N6O/c1(4-6-3-7-8-4)2-5-9-11-12-10-5/h1-3H,(H,6,7,8)/b2-1+. The quantitative estimate of drug-likeness (QED) is 0.657. The van der Waals surface area contributed by atoms with Crippen LogP contribution in [0.2, 0.25) is 0 Å². The molecule has 7 heteroatoms. The average molecular weight is 164 g/mol. The highest BCUT2D eigenvalue weighted by molar-refractivity contribution is 5.61. The van der Waals surface area contributed by atoms with Crippen molar-refractivity contribution in [1.82, 2.24) is 30.7 Å². The lowest BCUT2D eigenvalue weighted by molar-refractivity contribution is 0.292. The van der Waals surface area contributed by atoms with E-state index < -0.39 is 0 Å². The monoisotopic (exact) mass is 164 g/mol. The molecule has 1 N–H and O–H groups in total. The number of hydrogen-bond donors (Lipinski definition) is 1. The minimum Gasteiger partial charge on any atom is -0.328 e. The van der Waals surface area contributed by atoms with Gasteiger partial charge in [0.1, 0.15) is 6.33 Å². The number of nitrogens with one attached hydrogen (secondary N) is 1. The number of rotatable bonds is 2. The molecule has 0 fully saturated rings. The summed E-state index contributed by atoms with van der Waals surface area (Å²) in [6.07, 6.45) is 4.75. The van der Waals surface area contributed by atoms with E-state index in [0.717, 1.165) is 0 Å². The van der Waals surface area contributed by atoms with Crippen molar-refractivity contribution in [1.29, 1.82) is 0 Å². The van der Waals surface area contributed by atoms with Crippen LogP contribution in [-0.2, 0) is 0 Å². The summed E-state index contributed by atoms with van der Waals surface area (Å²) in [7, 11) is 0. The van der Waals surface area contributed by atoms with Crippen LogP contribution in [0.5, 0.6) is 0 Å². The van der Waals surface area contributed by atoms with Crippen LogP contribution in [0.3, 0.4) is 0 Å². The maximum absolute atomic E-state index is 4.28. The summed E-state index contributed by atoms with van der Waals surface area (Å²) >= 11 is 0. The van der Waals surface area contributed by atoms with Crippen LogP contribution in [0.15, 0.2) is 11.0 Å². The summed E-state index contributed by atoms with van der Waals surface area (Å²) in [5.41, 5.74) is 0. The Kier molecular flexibility index (Phi) is 1.61. The number of nitrogens with zero attached hydrogens (tertiary/aromatic N) is 5. The van der Waals surface area contributed by atoms with Gasteiger partial charge in [-0.2, -0.15) is 0 Å². The molecule has 60 valence electrons. The van der Waals surface area contributed by atoms with E-state index in [0.29, 0.717) is 11.6 Å². The van der Waals surface area contributed by atoms with Crippen molar-refractivity contribution in [3.8, 4) is 0 Å². The predicted molar refractivity (Wildman–Crippen MR) is 37.4 cm³/mol. The second kappa shape index (κ2) is 2.91. The van der Waals surface area contributed by atoms with Gasteiger partial charge in [0.05, 0.1) is 5.27 Å². The van der Waals surface area contributed by atoms with E-state index in [4.69, 9.17) is 0 Å². The molecule has 0 saturated carbocycles. The van der Waals surface area contributed by atoms with Crippen molar-refractivity contribution in [3.63, 3.8) is 0 Å². The SMILES string of the molecule is C(=C\c1nnc[nH]1)/c1nnon1. The number of hydrogen-bond acceptors (Lipinski definition) is 6. The van der Waals surface area contributed by atoms with Crippen LogP contribution in [0.25, 0.3) is 12.2 Å². The first kappa shape index (κ1) is 6.65. The summed E-state index contributed by atoms with van der Waals surface area (Å²) in [6, 6.07) is 0. The molecule has 0 unspecified atom stereocenters. The van der Waals surface area contributed by atoms with Crippen LogP contribution in [0.4, 0.5) is 0 Å². The number of aromatic amines is 1. The minimum atomic E-state index is 0.395. The van der Waals surface area contributed by atoms with Gasteiger partial charge in [-0.3, -0.25) is 0 Å². The van der Waals surface area contributed by atoms with Crippen molar-refractivity contribution in [2.45, 2.75) is 0 Å². The van der Waals surface area contributed by atoms with Gasteiger partial charge in [0.25, 0.3) is 0 Å². The minimum absolute atomic E-state index is 0.395. The van der Waals surface area contributed by atoms with E-state index in [2.05, 4.69) is 35.3 Å². The lowest BCUT2D eigenvalue weighted by Crippen LogP contribution is -1.77. The maximum atomic E-state index is 4.28. The van der Waals surface area contributed by atoms with Gasteiger partial charge in [0, 0.05) is 0 Å². The molecule has 2 aromatic heterocycles. The van der Waals surface area contributed by atoms with Crippen molar-refractivity contribution >= 4 is 12.2 Å². The van der Waals surface area contributed by atoms with E-state index in [1.54, 1.807) is 12.2 Å². The molecule has 7 nitrogen and oxygen atoms in total. The summed E-state index contributed by atoms with van der Waals surface area (Å²) in [5, 5.41) is 17.5. The number of aromatic nitrogens is 6. The highest BCUT2D eigenvalue weighted by Crippen LogP contribution is 1.95. The molecule has 0 atom stereocenters. The second-order valence-corrected chi connectivity index (χ2v) is 1.92. The molecule has 2 heterocycles. The van der Waals surface area contributed by atoms with Crippen LogP contribution in [0.1, 0.15) is 11.6 Å². The zero-order chi connectivity index (χ0) is 8.23. The fourth-order valence-corrected chi connectivity index (χ4v) is 0.652. The van der Waals surface area contributed by atoms with Crippen LogP contribution >= 0.6 is 0 Å². The van der Waals surface area contributed by atoms with Gasteiger partial charge in [-0.15, -0.1) is 10.2 Å². The predicted octanol–water partition coefficient (Wildman–Crippen LogP) is -0.247. The zero-order valence-electron chi connectivity index (χ0n) is 5.88. The fraction of sp³-hybridized carbons (Fsp3) is 0. The molecular weight excluding hydrogens is 160 g/mol. The molecule has 0 aliphatic heterocycles. The maximum Gasteiger partial charge on any atom is 0.219 e. The molecular formula is C5H4N6O. The molecule has 0 aliphatic rings. The molecule has 0 aromatic carbocycles. The Morgan fingerprint density at radius 3 is 3.00 bits per heavy atom. The van der Waals surface area contributed by atoms with E-state index in [-0.39, 0.29) is 0 Å². The van der Waals surface area contributed by atoms with Crippen molar-refractivity contribution in [3.05, 3.63) is 18.0 Å². The van der Waals surface area contributed by atoms with E-state index >= 15 is 0 Å². The summed E-state index contributed by atoms with van der Waals surface area (Å²) in [6.45, 7) is 0. The molecule has 0 amide bonds. The lowest BCUT2D eigenvalue weighted by Gasteiger charge is -1.77. The highest BCUT2D eigenvalue weighted by Gasteiger charge is 1.93. The molecule has 0 spiro atoms. The molecule has 0 bridgehead atoms. The zero-order valence-corrected chi connectivity index (χ0v) is 5.88. The Morgan fingerprint density at radius 1 is 1.33 bits per heavy atom. The average Bonchev–Trinajstić information content (AvgIpc) is 2.74. The van der Waals surface area contributed by atoms with Gasteiger partial charge in [-0.1, -0.05) is 5.10 Å². The largest absolute Gasteiger partial charge is 0.328 e. The molecule has 2 rings (SSSR count). The van der Waals surface area contributed by atoms with Crippen molar-refractivity contribution < 1.29 is 4.63 Å². The Labute approximate surface area is 66.5 Å². The summed E-state index contributed by atoms with van der Waals surface area (Å²) in [5.74, 6) is 1.02. The first-order chi connectivity index (χ1) is 5.95. The molecule has 12 heavy (non-hydrogen) atoms. The van der Waals surface area contributed by atoms with Crippen molar-refractivity contribution in [2.75, 3.05) is 0 Å². The van der Waals surface area contributed by atoms with Crippen LogP contribution < -0.4 is 0 Å². The number of H-pyrrole nitrogens is 1. The van der Waals surface area contributed by atoms with Gasteiger partial charge in [-0.25, -0.2) is 4.63 Å². The first-order valence-electron chi connectivity index (χ1n) is 3.14. The van der Waals surface area contributed by atoms with Gasteiger partial charge in [-0.05, 0) is 17.3 Å². The third-order valence-electron chi connectivity index (χ3n) is 1.14. The van der Waals surface area contributed by atoms with Gasteiger partial charge < -0.3 is 4.98 Å².